The quantitative estimate of drug-likeness (QED) is 0.480. The minimum atomic E-state index is -0.677. The molecule has 7 heteroatoms. The van der Waals surface area contributed by atoms with Gasteiger partial charge >= 0.3 is 5.97 Å². The summed E-state index contributed by atoms with van der Waals surface area (Å²) in [5, 5.41) is 13.9. The molecule has 3 rings (SSSR count). The van der Waals surface area contributed by atoms with Crippen molar-refractivity contribution in [3.63, 3.8) is 0 Å². The number of esters is 1. The zero-order valence-corrected chi connectivity index (χ0v) is 14.7. The second-order valence-electron chi connectivity index (χ2n) is 6.43. The van der Waals surface area contributed by atoms with E-state index in [0.717, 1.165) is 24.8 Å². The first-order valence-electron chi connectivity index (χ1n) is 8.79. The molecule has 0 aliphatic heterocycles. The molecule has 2 aromatic rings. The fraction of sp³-hybridized carbons (Fsp3) is 0.300. The highest BCUT2D eigenvalue weighted by Gasteiger charge is 2.22. The van der Waals surface area contributed by atoms with Gasteiger partial charge in [-0.1, -0.05) is 42.5 Å². The molecule has 0 heterocycles. The number of benzene rings is 2. The van der Waals surface area contributed by atoms with Crippen LogP contribution in [0.2, 0.25) is 0 Å². The Morgan fingerprint density at radius 3 is 2.70 bits per heavy atom. The van der Waals surface area contributed by atoms with Crippen molar-refractivity contribution in [1.29, 1.82) is 0 Å². The van der Waals surface area contributed by atoms with Crippen molar-refractivity contribution < 1.29 is 19.2 Å². The van der Waals surface area contributed by atoms with Crippen LogP contribution in [0.25, 0.3) is 0 Å². The monoisotopic (exact) mass is 368 g/mol. The van der Waals surface area contributed by atoms with Crippen molar-refractivity contribution in [3.8, 4) is 0 Å². The lowest BCUT2D eigenvalue weighted by atomic mass is 9.88. The summed E-state index contributed by atoms with van der Waals surface area (Å²) in [5.74, 6) is -1.06. The summed E-state index contributed by atoms with van der Waals surface area (Å²) in [7, 11) is 0. The molecule has 27 heavy (non-hydrogen) atoms. The number of rotatable bonds is 6. The molecule has 1 atom stereocenters. The van der Waals surface area contributed by atoms with Crippen molar-refractivity contribution in [2.75, 3.05) is 6.61 Å². The maximum absolute atomic E-state index is 12.2. The first-order chi connectivity index (χ1) is 13.0. The van der Waals surface area contributed by atoms with Crippen LogP contribution in [0.5, 0.6) is 0 Å². The Morgan fingerprint density at radius 1 is 1.15 bits per heavy atom. The topological polar surface area (TPSA) is 98.5 Å². The molecule has 0 saturated heterocycles. The van der Waals surface area contributed by atoms with Crippen molar-refractivity contribution in [2.24, 2.45) is 0 Å². The van der Waals surface area contributed by atoms with Gasteiger partial charge in [-0.05, 0) is 30.4 Å². The predicted octanol–water partition coefficient (Wildman–Crippen LogP) is 2.87. The van der Waals surface area contributed by atoms with Crippen LogP contribution in [-0.4, -0.2) is 23.4 Å². The minimum absolute atomic E-state index is 0.0867. The van der Waals surface area contributed by atoms with Gasteiger partial charge in [-0.3, -0.25) is 19.7 Å². The molecule has 2 aromatic carbocycles. The molecule has 0 saturated carbocycles. The number of para-hydroxylation sites is 1. The van der Waals surface area contributed by atoms with Crippen LogP contribution in [-0.2, 0) is 27.2 Å². The van der Waals surface area contributed by atoms with E-state index in [1.807, 2.05) is 18.2 Å². The summed E-state index contributed by atoms with van der Waals surface area (Å²) in [5.41, 5.74) is 2.44. The first kappa shape index (κ1) is 18.6. The maximum atomic E-state index is 12.2. The zero-order valence-electron chi connectivity index (χ0n) is 14.7. The molecule has 0 radical (unpaired) electrons. The number of nitrogens with zero attached hydrogens (tertiary/aromatic N) is 1. The van der Waals surface area contributed by atoms with Gasteiger partial charge in [-0.2, -0.15) is 0 Å². The lowest BCUT2D eigenvalue weighted by Crippen LogP contribution is -2.34. The third-order valence-electron chi connectivity index (χ3n) is 4.59. The Labute approximate surface area is 156 Å². The summed E-state index contributed by atoms with van der Waals surface area (Å²) in [4.78, 5) is 34.5. The molecule has 140 valence electrons. The lowest BCUT2D eigenvalue weighted by molar-refractivity contribution is -0.385. The maximum Gasteiger partial charge on any atom is 0.311 e. The van der Waals surface area contributed by atoms with E-state index in [0.29, 0.717) is 0 Å². The number of carbonyl (C=O) groups excluding carboxylic acids is 2. The largest absolute Gasteiger partial charge is 0.455 e. The normalized spacial score (nSPS) is 15.5. The van der Waals surface area contributed by atoms with E-state index in [1.54, 1.807) is 6.07 Å². The Hall–Kier alpha value is -3.22. The number of nitro benzene ring substituents is 1. The molecule has 0 aromatic heterocycles. The van der Waals surface area contributed by atoms with Gasteiger partial charge in [0.05, 0.1) is 17.4 Å². The Morgan fingerprint density at radius 2 is 1.89 bits per heavy atom. The first-order valence-corrected chi connectivity index (χ1v) is 8.79. The number of aryl methyl sites for hydroxylation is 1. The van der Waals surface area contributed by atoms with Crippen LogP contribution in [0.3, 0.4) is 0 Å². The van der Waals surface area contributed by atoms with Crippen LogP contribution in [0.1, 0.15) is 35.6 Å². The van der Waals surface area contributed by atoms with E-state index >= 15 is 0 Å². The predicted molar refractivity (Wildman–Crippen MR) is 98.0 cm³/mol. The van der Waals surface area contributed by atoms with Gasteiger partial charge in [-0.15, -0.1) is 0 Å². The number of hydrogen-bond acceptors (Lipinski definition) is 5. The van der Waals surface area contributed by atoms with Crippen LogP contribution in [0.15, 0.2) is 48.5 Å². The molecule has 0 spiro atoms. The second kappa shape index (κ2) is 8.44. The number of nitro groups is 1. The average Bonchev–Trinajstić information content (AvgIpc) is 2.67. The Bertz CT molecular complexity index is 865. The van der Waals surface area contributed by atoms with Crippen LogP contribution in [0.4, 0.5) is 5.69 Å². The SMILES string of the molecule is O=C(COC(=O)Cc1ccccc1[N+](=O)[O-])N[C@@H]1CCCc2ccccc21. The number of carbonyl (C=O) groups is 2. The Balaban J connectivity index is 1.53. The zero-order chi connectivity index (χ0) is 19.2. The summed E-state index contributed by atoms with van der Waals surface area (Å²) in [6, 6.07) is 13.9. The summed E-state index contributed by atoms with van der Waals surface area (Å²) >= 11 is 0. The highest BCUT2D eigenvalue weighted by molar-refractivity contribution is 5.82. The lowest BCUT2D eigenvalue weighted by Gasteiger charge is -2.26. The fourth-order valence-corrected chi connectivity index (χ4v) is 3.33. The molecular formula is C20H20N2O5. The molecule has 1 aliphatic carbocycles. The van der Waals surface area contributed by atoms with E-state index in [-0.39, 0.29) is 29.6 Å². The van der Waals surface area contributed by atoms with E-state index in [2.05, 4.69) is 11.4 Å². The number of fused-ring (bicyclic) bond motifs is 1. The van der Waals surface area contributed by atoms with Crippen molar-refractivity contribution >= 4 is 17.6 Å². The van der Waals surface area contributed by atoms with Crippen LogP contribution in [0, 0.1) is 10.1 Å². The van der Waals surface area contributed by atoms with E-state index in [4.69, 9.17) is 4.74 Å². The number of hydrogen-bond donors (Lipinski definition) is 1. The standard InChI is InChI=1S/C20H20N2O5/c23-19(21-17-10-5-8-14-6-1-3-9-16(14)17)13-27-20(24)12-15-7-2-4-11-18(15)22(25)26/h1-4,6-7,9,11,17H,5,8,10,12-13H2,(H,21,23)/t17-/m1/s1. The van der Waals surface area contributed by atoms with E-state index < -0.39 is 17.5 Å². The third kappa shape index (κ3) is 4.69. The van der Waals surface area contributed by atoms with Gasteiger partial charge in [-0.25, -0.2) is 0 Å². The summed E-state index contributed by atoms with van der Waals surface area (Å²) in [6.07, 6.45) is 2.57. The minimum Gasteiger partial charge on any atom is -0.455 e. The summed E-state index contributed by atoms with van der Waals surface area (Å²) < 4.78 is 5.00. The molecule has 1 N–H and O–H groups in total. The van der Waals surface area contributed by atoms with Crippen molar-refractivity contribution in [1.82, 2.24) is 5.32 Å². The van der Waals surface area contributed by atoms with Crippen molar-refractivity contribution in [3.05, 3.63) is 75.3 Å². The fourth-order valence-electron chi connectivity index (χ4n) is 3.33. The number of ether oxygens (including phenoxy) is 1. The van der Waals surface area contributed by atoms with Gasteiger partial charge in [0.1, 0.15) is 0 Å². The van der Waals surface area contributed by atoms with Gasteiger partial charge in [0, 0.05) is 11.6 Å². The van der Waals surface area contributed by atoms with Gasteiger partial charge < -0.3 is 10.1 Å². The molecule has 1 aliphatic rings. The van der Waals surface area contributed by atoms with Crippen molar-refractivity contribution in [2.45, 2.75) is 31.7 Å². The van der Waals surface area contributed by atoms with Gasteiger partial charge in [0.2, 0.25) is 0 Å². The third-order valence-corrected chi connectivity index (χ3v) is 4.59. The molecule has 7 nitrogen and oxygen atoms in total. The molecule has 0 bridgehead atoms. The average molecular weight is 368 g/mol. The number of nitrogens with one attached hydrogen (secondary N) is 1. The molecule has 1 amide bonds. The smallest absolute Gasteiger partial charge is 0.311 e. The second-order valence-corrected chi connectivity index (χ2v) is 6.43. The molecule has 0 unspecified atom stereocenters. The van der Waals surface area contributed by atoms with Crippen LogP contribution < -0.4 is 5.32 Å². The van der Waals surface area contributed by atoms with Gasteiger partial charge in [0.15, 0.2) is 6.61 Å². The molecule has 0 fully saturated rings. The summed E-state index contributed by atoms with van der Waals surface area (Å²) in [6.45, 7) is -0.405. The van der Waals surface area contributed by atoms with E-state index in [9.17, 15) is 19.7 Å². The number of amides is 1. The molecular weight excluding hydrogens is 348 g/mol. The van der Waals surface area contributed by atoms with E-state index in [1.165, 1.54) is 23.8 Å². The Kier molecular flexibility index (Phi) is 5.80. The van der Waals surface area contributed by atoms with Gasteiger partial charge in [0.25, 0.3) is 11.6 Å². The van der Waals surface area contributed by atoms with Crippen LogP contribution >= 0.6 is 0 Å². The highest BCUT2D eigenvalue weighted by Crippen LogP contribution is 2.29. The highest BCUT2D eigenvalue weighted by atomic mass is 16.6.